The summed E-state index contributed by atoms with van der Waals surface area (Å²) in [6, 6.07) is 15.3. The lowest BCUT2D eigenvalue weighted by molar-refractivity contribution is 0.122. The van der Waals surface area contributed by atoms with Crippen LogP contribution in [0, 0.1) is 5.82 Å². The van der Waals surface area contributed by atoms with Crippen molar-refractivity contribution < 1.29 is 9.13 Å². The summed E-state index contributed by atoms with van der Waals surface area (Å²) in [4.78, 5) is 6.62. The molecule has 5 nitrogen and oxygen atoms in total. The molecule has 6 heteroatoms. The summed E-state index contributed by atoms with van der Waals surface area (Å²) >= 11 is 0. The molecule has 1 saturated heterocycles. The third kappa shape index (κ3) is 5.44. The maximum Gasteiger partial charge on any atom is 0.191 e. The molecule has 1 aliphatic heterocycles. The summed E-state index contributed by atoms with van der Waals surface area (Å²) in [6.45, 7) is 4.64. The minimum Gasteiger partial charge on any atom is -0.378 e. The monoisotopic (exact) mass is 370 g/mol. The largest absolute Gasteiger partial charge is 0.378 e. The maximum atomic E-state index is 13.7. The number of aliphatic imine (C=N–C) groups is 1. The van der Waals surface area contributed by atoms with Gasteiger partial charge in [0.15, 0.2) is 5.96 Å². The fourth-order valence-corrected chi connectivity index (χ4v) is 3.19. The summed E-state index contributed by atoms with van der Waals surface area (Å²) in [5, 5.41) is 6.61. The van der Waals surface area contributed by atoms with Crippen LogP contribution in [0.15, 0.2) is 53.5 Å². The molecule has 0 bridgehead atoms. The van der Waals surface area contributed by atoms with E-state index in [9.17, 15) is 4.39 Å². The van der Waals surface area contributed by atoms with E-state index in [0.29, 0.717) is 31.0 Å². The molecule has 0 spiro atoms. The van der Waals surface area contributed by atoms with E-state index in [4.69, 9.17) is 4.74 Å². The predicted molar refractivity (Wildman–Crippen MR) is 108 cm³/mol. The van der Waals surface area contributed by atoms with Crippen molar-refractivity contribution in [3.63, 3.8) is 0 Å². The number of hydrogen-bond donors (Lipinski definition) is 2. The zero-order valence-electron chi connectivity index (χ0n) is 15.7. The van der Waals surface area contributed by atoms with Crippen LogP contribution in [0.2, 0.25) is 0 Å². The molecular formula is C21H27FN4O. The average Bonchev–Trinajstić information content (AvgIpc) is 2.72. The number of halogens is 1. The van der Waals surface area contributed by atoms with E-state index in [1.165, 1.54) is 17.3 Å². The van der Waals surface area contributed by atoms with Crippen molar-refractivity contribution in [2.75, 3.05) is 44.8 Å². The molecule has 0 amide bonds. The number of anilines is 1. The van der Waals surface area contributed by atoms with Crippen LogP contribution in [0.25, 0.3) is 0 Å². The van der Waals surface area contributed by atoms with Crippen LogP contribution in [0.4, 0.5) is 10.1 Å². The second-order valence-electron chi connectivity index (χ2n) is 6.42. The Balaban J connectivity index is 1.53. The van der Waals surface area contributed by atoms with Gasteiger partial charge in [0.2, 0.25) is 0 Å². The minimum atomic E-state index is -0.165. The molecule has 0 aliphatic carbocycles. The predicted octanol–water partition coefficient (Wildman–Crippen LogP) is 2.57. The van der Waals surface area contributed by atoms with E-state index in [-0.39, 0.29) is 5.82 Å². The third-order valence-corrected chi connectivity index (χ3v) is 4.66. The summed E-state index contributed by atoms with van der Waals surface area (Å²) in [7, 11) is 1.74. The number of rotatable bonds is 6. The first-order valence-corrected chi connectivity index (χ1v) is 9.36. The van der Waals surface area contributed by atoms with E-state index < -0.39 is 0 Å². The van der Waals surface area contributed by atoms with Gasteiger partial charge in [0, 0.05) is 38.9 Å². The van der Waals surface area contributed by atoms with Crippen LogP contribution < -0.4 is 15.5 Å². The van der Waals surface area contributed by atoms with E-state index in [0.717, 1.165) is 26.3 Å². The van der Waals surface area contributed by atoms with Crippen LogP contribution in [0.3, 0.4) is 0 Å². The van der Waals surface area contributed by atoms with E-state index in [1.54, 1.807) is 13.1 Å². The number of nitrogens with one attached hydrogen (secondary N) is 2. The number of ether oxygens (including phenoxy) is 1. The van der Waals surface area contributed by atoms with Gasteiger partial charge in [-0.3, -0.25) is 4.99 Å². The molecule has 2 N–H and O–H groups in total. The average molecular weight is 370 g/mol. The molecule has 1 heterocycles. The van der Waals surface area contributed by atoms with Gasteiger partial charge in [0.25, 0.3) is 0 Å². The van der Waals surface area contributed by atoms with Gasteiger partial charge < -0.3 is 20.3 Å². The molecule has 0 unspecified atom stereocenters. The maximum absolute atomic E-state index is 13.7. The molecule has 2 aromatic rings. The van der Waals surface area contributed by atoms with Crippen molar-refractivity contribution >= 4 is 11.6 Å². The van der Waals surface area contributed by atoms with Crippen LogP contribution in [0.5, 0.6) is 0 Å². The van der Waals surface area contributed by atoms with Gasteiger partial charge in [-0.25, -0.2) is 4.39 Å². The summed E-state index contributed by atoms with van der Waals surface area (Å²) < 4.78 is 19.2. The summed E-state index contributed by atoms with van der Waals surface area (Å²) in [5.41, 5.74) is 3.16. The van der Waals surface area contributed by atoms with Crippen molar-refractivity contribution in [1.82, 2.24) is 10.6 Å². The fraction of sp³-hybridized carbons (Fsp3) is 0.381. The Morgan fingerprint density at radius 1 is 1.04 bits per heavy atom. The Bertz CT molecular complexity index is 759. The highest BCUT2D eigenvalue weighted by molar-refractivity contribution is 5.79. The molecule has 0 atom stereocenters. The zero-order valence-corrected chi connectivity index (χ0v) is 15.7. The van der Waals surface area contributed by atoms with Gasteiger partial charge >= 0.3 is 0 Å². The second kappa shape index (κ2) is 9.92. The SMILES string of the molecule is CN=C(NCCc1ccccc1F)NCc1ccccc1N1CCOCC1. The van der Waals surface area contributed by atoms with Crippen molar-refractivity contribution in [3.05, 3.63) is 65.5 Å². The zero-order chi connectivity index (χ0) is 18.9. The van der Waals surface area contributed by atoms with Crippen molar-refractivity contribution in [2.45, 2.75) is 13.0 Å². The van der Waals surface area contributed by atoms with Crippen LogP contribution >= 0.6 is 0 Å². The fourth-order valence-electron chi connectivity index (χ4n) is 3.19. The quantitative estimate of drug-likeness (QED) is 0.606. The molecule has 3 rings (SSSR count). The highest BCUT2D eigenvalue weighted by atomic mass is 19.1. The second-order valence-corrected chi connectivity index (χ2v) is 6.42. The molecule has 1 fully saturated rings. The van der Waals surface area contributed by atoms with E-state index in [2.05, 4.69) is 44.8 Å². The summed E-state index contributed by atoms with van der Waals surface area (Å²) in [5.74, 6) is 0.546. The van der Waals surface area contributed by atoms with Gasteiger partial charge in [-0.05, 0) is 29.7 Å². The molecule has 0 saturated carbocycles. The minimum absolute atomic E-state index is 0.165. The Kier molecular flexibility index (Phi) is 7.04. The molecule has 0 aromatic heterocycles. The Morgan fingerprint density at radius 3 is 2.48 bits per heavy atom. The first-order valence-electron chi connectivity index (χ1n) is 9.36. The van der Waals surface area contributed by atoms with Gasteiger partial charge in [0.1, 0.15) is 5.82 Å². The number of para-hydroxylation sites is 1. The number of guanidine groups is 1. The van der Waals surface area contributed by atoms with Gasteiger partial charge in [-0.1, -0.05) is 36.4 Å². The van der Waals surface area contributed by atoms with Gasteiger partial charge in [-0.15, -0.1) is 0 Å². The molecule has 1 aliphatic rings. The Morgan fingerprint density at radius 2 is 1.74 bits per heavy atom. The molecular weight excluding hydrogens is 343 g/mol. The Hall–Kier alpha value is -2.60. The normalized spacial score (nSPS) is 14.9. The highest BCUT2D eigenvalue weighted by Crippen LogP contribution is 2.21. The van der Waals surface area contributed by atoms with Gasteiger partial charge in [0.05, 0.1) is 13.2 Å². The van der Waals surface area contributed by atoms with Crippen molar-refractivity contribution in [3.8, 4) is 0 Å². The first kappa shape index (κ1) is 19.2. The number of morpholine rings is 1. The van der Waals surface area contributed by atoms with Crippen LogP contribution in [-0.4, -0.2) is 45.9 Å². The topological polar surface area (TPSA) is 48.9 Å². The number of benzene rings is 2. The third-order valence-electron chi connectivity index (χ3n) is 4.66. The van der Waals surface area contributed by atoms with E-state index >= 15 is 0 Å². The Labute approximate surface area is 160 Å². The molecule has 144 valence electrons. The number of nitrogens with zero attached hydrogens (tertiary/aromatic N) is 2. The number of hydrogen-bond acceptors (Lipinski definition) is 3. The van der Waals surface area contributed by atoms with Crippen LogP contribution in [0.1, 0.15) is 11.1 Å². The standard InChI is InChI=1S/C21H27FN4O/c1-23-21(24-11-10-17-6-2-4-8-19(17)22)25-16-18-7-3-5-9-20(18)26-12-14-27-15-13-26/h2-9H,10-16H2,1H3,(H2,23,24,25). The van der Waals surface area contributed by atoms with E-state index in [1.807, 2.05) is 12.1 Å². The van der Waals surface area contributed by atoms with Gasteiger partial charge in [-0.2, -0.15) is 0 Å². The van der Waals surface area contributed by atoms with Crippen molar-refractivity contribution in [1.29, 1.82) is 0 Å². The summed E-state index contributed by atoms with van der Waals surface area (Å²) in [6.07, 6.45) is 0.609. The smallest absolute Gasteiger partial charge is 0.191 e. The van der Waals surface area contributed by atoms with Crippen LogP contribution in [-0.2, 0) is 17.7 Å². The lowest BCUT2D eigenvalue weighted by atomic mass is 10.1. The lowest BCUT2D eigenvalue weighted by Gasteiger charge is -2.30. The lowest BCUT2D eigenvalue weighted by Crippen LogP contribution is -2.39. The molecule has 2 aromatic carbocycles. The highest BCUT2D eigenvalue weighted by Gasteiger charge is 2.14. The molecule has 0 radical (unpaired) electrons. The first-order chi connectivity index (χ1) is 13.3. The molecule has 27 heavy (non-hydrogen) atoms. The van der Waals surface area contributed by atoms with Crippen molar-refractivity contribution in [2.24, 2.45) is 4.99 Å².